The average molecular weight is 484 g/mol. The fourth-order valence-electron chi connectivity index (χ4n) is 4.27. The zero-order valence-corrected chi connectivity index (χ0v) is 20.8. The van der Waals surface area contributed by atoms with Gasteiger partial charge < -0.3 is 18.8 Å². The lowest BCUT2D eigenvalue weighted by molar-refractivity contribution is 0.0593. The molecule has 180 valence electrons. The zero-order chi connectivity index (χ0) is 24.4. The summed E-state index contributed by atoms with van der Waals surface area (Å²) in [5.41, 5.74) is 2.05. The highest BCUT2D eigenvalue weighted by molar-refractivity contribution is 6.32. The van der Waals surface area contributed by atoms with Crippen LogP contribution in [-0.2, 0) is 4.74 Å². The Morgan fingerprint density at radius 3 is 2.68 bits per heavy atom. The summed E-state index contributed by atoms with van der Waals surface area (Å²) in [6, 6.07) is 10.3. The summed E-state index contributed by atoms with van der Waals surface area (Å²) < 4.78 is 17.5. The Hall–Kier alpha value is -2.83. The number of hydrogen-bond donors (Lipinski definition) is 0. The number of nitrogens with zero attached hydrogens (tertiary/aromatic N) is 1. The maximum atomic E-state index is 13.7. The Kier molecular flexibility index (Phi) is 7.29. The molecule has 1 aromatic heterocycles. The molecule has 0 bridgehead atoms. The second-order valence-corrected chi connectivity index (χ2v) is 9.27. The Bertz CT molecular complexity index is 1270. The van der Waals surface area contributed by atoms with Gasteiger partial charge in [0.25, 0.3) is 5.91 Å². The molecule has 0 N–H and O–H groups in total. The van der Waals surface area contributed by atoms with Crippen molar-refractivity contribution in [2.45, 2.75) is 52.7 Å². The maximum absolute atomic E-state index is 13.7. The van der Waals surface area contributed by atoms with E-state index in [1.165, 1.54) is 0 Å². The lowest BCUT2D eigenvalue weighted by Crippen LogP contribution is -2.31. The predicted molar refractivity (Wildman–Crippen MR) is 133 cm³/mol. The van der Waals surface area contributed by atoms with Crippen LogP contribution >= 0.6 is 11.6 Å². The molecule has 0 fully saturated rings. The fourth-order valence-corrected chi connectivity index (χ4v) is 4.43. The first-order chi connectivity index (χ1) is 16.3. The maximum Gasteiger partial charge on any atom is 0.290 e. The van der Waals surface area contributed by atoms with Crippen LogP contribution in [0.2, 0.25) is 5.02 Å². The third-order valence-electron chi connectivity index (χ3n) is 5.89. The van der Waals surface area contributed by atoms with Crippen molar-refractivity contribution in [3.05, 3.63) is 74.1 Å². The summed E-state index contributed by atoms with van der Waals surface area (Å²) in [6.07, 6.45) is 1.63. The van der Waals surface area contributed by atoms with Gasteiger partial charge >= 0.3 is 0 Å². The van der Waals surface area contributed by atoms with Crippen molar-refractivity contribution >= 4 is 28.5 Å². The number of carbonyl (C=O) groups excluding carboxylic acids is 1. The van der Waals surface area contributed by atoms with Crippen molar-refractivity contribution in [2.75, 3.05) is 19.8 Å². The van der Waals surface area contributed by atoms with Gasteiger partial charge in [0, 0.05) is 18.2 Å². The minimum Gasteiger partial charge on any atom is -0.494 e. The quantitative estimate of drug-likeness (QED) is 0.354. The van der Waals surface area contributed by atoms with Crippen molar-refractivity contribution in [3.63, 3.8) is 0 Å². The molecule has 1 amide bonds. The second kappa shape index (κ2) is 10.2. The number of fused-ring (bicyclic) bond motifs is 2. The monoisotopic (exact) mass is 483 g/mol. The minimum atomic E-state index is -0.576. The van der Waals surface area contributed by atoms with E-state index in [-0.39, 0.29) is 23.2 Å². The average Bonchev–Trinajstić information content (AvgIpc) is 3.08. The van der Waals surface area contributed by atoms with Crippen LogP contribution in [0.25, 0.3) is 11.0 Å². The van der Waals surface area contributed by atoms with Gasteiger partial charge in [-0.15, -0.1) is 0 Å². The van der Waals surface area contributed by atoms with Crippen LogP contribution in [-0.4, -0.2) is 36.7 Å². The number of aryl methyl sites for hydroxylation is 1. The first-order valence-corrected chi connectivity index (χ1v) is 12.1. The van der Waals surface area contributed by atoms with Crippen LogP contribution in [0.4, 0.5) is 0 Å². The van der Waals surface area contributed by atoms with E-state index < -0.39 is 6.04 Å². The molecule has 0 saturated carbocycles. The summed E-state index contributed by atoms with van der Waals surface area (Å²) >= 11 is 6.31. The molecule has 1 aliphatic heterocycles. The summed E-state index contributed by atoms with van der Waals surface area (Å²) in [4.78, 5) is 28.9. The number of ether oxygens (including phenoxy) is 2. The van der Waals surface area contributed by atoms with Gasteiger partial charge in [0.2, 0.25) is 5.76 Å². The van der Waals surface area contributed by atoms with Crippen LogP contribution in [0.1, 0.15) is 66.9 Å². The molecule has 7 heteroatoms. The summed E-state index contributed by atoms with van der Waals surface area (Å²) in [6.45, 7) is 9.36. The van der Waals surface area contributed by atoms with Crippen LogP contribution in [0.5, 0.6) is 5.75 Å². The Balaban J connectivity index is 1.82. The van der Waals surface area contributed by atoms with Gasteiger partial charge in [-0.1, -0.05) is 30.7 Å². The summed E-state index contributed by atoms with van der Waals surface area (Å²) in [5, 5.41) is 0.855. The molecule has 3 aromatic rings. The highest BCUT2D eigenvalue weighted by atomic mass is 35.5. The molecule has 2 heterocycles. The molecule has 1 unspecified atom stereocenters. The molecule has 1 aliphatic rings. The largest absolute Gasteiger partial charge is 0.494 e. The molecular weight excluding hydrogens is 454 g/mol. The topological polar surface area (TPSA) is 69.0 Å². The molecule has 4 rings (SSSR count). The van der Waals surface area contributed by atoms with E-state index in [1.54, 1.807) is 17.0 Å². The highest BCUT2D eigenvalue weighted by Crippen LogP contribution is 2.39. The van der Waals surface area contributed by atoms with Crippen LogP contribution in [0.3, 0.4) is 0 Å². The number of hydrogen-bond acceptors (Lipinski definition) is 5. The lowest BCUT2D eigenvalue weighted by Gasteiger charge is -2.25. The molecule has 0 spiro atoms. The van der Waals surface area contributed by atoms with Crippen molar-refractivity contribution in [2.24, 2.45) is 0 Å². The van der Waals surface area contributed by atoms with Crippen molar-refractivity contribution in [3.8, 4) is 5.75 Å². The molecule has 6 nitrogen and oxygen atoms in total. The van der Waals surface area contributed by atoms with Crippen molar-refractivity contribution < 1.29 is 18.7 Å². The van der Waals surface area contributed by atoms with Crippen molar-refractivity contribution in [1.82, 2.24) is 4.90 Å². The normalized spacial score (nSPS) is 15.4. The second-order valence-electron chi connectivity index (χ2n) is 8.87. The Morgan fingerprint density at radius 2 is 1.94 bits per heavy atom. The number of amides is 1. The van der Waals surface area contributed by atoms with Gasteiger partial charge in [-0.2, -0.15) is 0 Å². The van der Waals surface area contributed by atoms with E-state index in [1.807, 2.05) is 52.0 Å². The lowest BCUT2D eigenvalue weighted by atomic mass is 9.98. The Morgan fingerprint density at radius 1 is 1.15 bits per heavy atom. The third kappa shape index (κ3) is 4.70. The number of carbonyl (C=O) groups is 1. The van der Waals surface area contributed by atoms with Crippen LogP contribution in [0.15, 0.2) is 45.6 Å². The van der Waals surface area contributed by atoms with E-state index in [0.717, 1.165) is 17.5 Å². The van der Waals surface area contributed by atoms with Gasteiger partial charge in [-0.3, -0.25) is 9.59 Å². The van der Waals surface area contributed by atoms with E-state index in [0.29, 0.717) is 53.5 Å². The van der Waals surface area contributed by atoms with E-state index in [2.05, 4.69) is 0 Å². The molecule has 0 radical (unpaired) electrons. The number of halogens is 1. The van der Waals surface area contributed by atoms with Gasteiger partial charge in [-0.25, -0.2) is 0 Å². The molecule has 0 aliphatic carbocycles. The highest BCUT2D eigenvalue weighted by Gasteiger charge is 2.42. The molecule has 2 aromatic carbocycles. The van der Waals surface area contributed by atoms with Gasteiger partial charge in [-0.05, 0) is 69.0 Å². The van der Waals surface area contributed by atoms with Gasteiger partial charge in [0.05, 0.1) is 29.7 Å². The molecule has 34 heavy (non-hydrogen) atoms. The van der Waals surface area contributed by atoms with Gasteiger partial charge in [0.1, 0.15) is 11.3 Å². The molecule has 1 atom stereocenters. The smallest absolute Gasteiger partial charge is 0.290 e. The first-order valence-electron chi connectivity index (χ1n) is 11.7. The standard InChI is InChI=1S/C27H30ClNO5/c1-5-11-33-19-9-6-8-18(14-19)24-23-25(30)20-15-21(28)17(4)13-22(20)34-26(23)27(31)29(24)10-7-12-32-16(2)3/h6,8-9,13-16,24H,5,7,10-12H2,1-4H3. The SMILES string of the molecule is CCCOc1cccc(C2c3c(oc4cc(C)c(Cl)cc4c3=O)C(=O)N2CCCOC(C)C)c1. The number of benzene rings is 2. The summed E-state index contributed by atoms with van der Waals surface area (Å²) in [7, 11) is 0. The Labute approximate surface area is 204 Å². The fraction of sp³-hybridized carbons (Fsp3) is 0.407. The molecule has 0 saturated heterocycles. The summed E-state index contributed by atoms with van der Waals surface area (Å²) in [5.74, 6) is 0.497. The molecular formula is C27H30ClNO5. The van der Waals surface area contributed by atoms with E-state index in [9.17, 15) is 9.59 Å². The number of rotatable bonds is 9. The van der Waals surface area contributed by atoms with E-state index >= 15 is 0 Å². The van der Waals surface area contributed by atoms with Crippen molar-refractivity contribution in [1.29, 1.82) is 0 Å². The predicted octanol–water partition coefficient (Wildman–Crippen LogP) is 5.90. The minimum absolute atomic E-state index is 0.0916. The van der Waals surface area contributed by atoms with Crippen LogP contribution < -0.4 is 10.2 Å². The zero-order valence-electron chi connectivity index (χ0n) is 20.0. The third-order valence-corrected chi connectivity index (χ3v) is 6.30. The van der Waals surface area contributed by atoms with Gasteiger partial charge in [0.15, 0.2) is 5.43 Å². The first kappa shape index (κ1) is 24.3. The van der Waals surface area contributed by atoms with E-state index in [4.69, 9.17) is 25.5 Å². The van der Waals surface area contributed by atoms with Crippen LogP contribution in [0, 0.1) is 6.92 Å².